The molecule has 0 N–H and O–H groups in total. The molecule has 398 valence electrons. The Bertz CT molecular complexity index is 1140. The molecule has 0 radical (unpaired) electrons. The van der Waals surface area contributed by atoms with Gasteiger partial charge in [-0.05, 0) is 77.0 Å². The molecular formula is C62H114O6. The third-order valence-corrected chi connectivity index (χ3v) is 13.4. The Morgan fingerprint density at radius 3 is 0.824 bits per heavy atom. The van der Waals surface area contributed by atoms with Crippen molar-refractivity contribution < 1.29 is 28.6 Å². The predicted molar refractivity (Wildman–Crippen MR) is 293 cm³/mol. The van der Waals surface area contributed by atoms with E-state index in [4.69, 9.17) is 14.2 Å². The second kappa shape index (κ2) is 57.2. The summed E-state index contributed by atoms with van der Waals surface area (Å²) in [6.07, 6.45) is 68.5. The summed E-state index contributed by atoms with van der Waals surface area (Å²) in [5.41, 5.74) is 0. The topological polar surface area (TPSA) is 78.9 Å². The maximum absolute atomic E-state index is 12.8. The van der Waals surface area contributed by atoms with Crippen LogP contribution < -0.4 is 0 Å². The van der Waals surface area contributed by atoms with E-state index in [9.17, 15) is 14.4 Å². The molecule has 0 fully saturated rings. The number of hydrogen-bond donors (Lipinski definition) is 0. The van der Waals surface area contributed by atoms with Gasteiger partial charge < -0.3 is 14.2 Å². The van der Waals surface area contributed by atoms with Gasteiger partial charge in [-0.25, -0.2) is 0 Å². The minimum Gasteiger partial charge on any atom is -0.462 e. The van der Waals surface area contributed by atoms with E-state index >= 15 is 0 Å². The standard InChI is InChI=1S/C62H114O6/c1-4-7-10-13-16-19-22-25-27-28-29-30-31-32-33-34-36-37-40-43-46-49-52-55-61(64)67-58-59(57-66-60(63)54-51-48-45-42-39-24-21-18-15-12-9-6-3)68-62(65)56-53-50-47-44-41-38-35-26-23-20-17-14-11-8-5-2/h22,25-26,28-29,35,59H,4-21,23-24,27,30-34,36-58H2,1-3H3/b25-22-,29-28-,35-26-. The predicted octanol–water partition coefficient (Wildman–Crippen LogP) is 20.0. The number of hydrogen-bond acceptors (Lipinski definition) is 6. The van der Waals surface area contributed by atoms with Crippen LogP contribution in [-0.4, -0.2) is 37.2 Å². The van der Waals surface area contributed by atoms with Crippen LogP contribution in [0, 0.1) is 0 Å². The second-order valence-corrected chi connectivity index (χ2v) is 20.3. The van der Waals surface area contributed by atoms with E-state index in [1.165, 1.54) is 212 Å². The Labute approximate surface area is 423 Å². The molecule has 68 heavy (non-hydrogen) atoms. The van der Waals surface area contributed by atoms with Gasteiger partial charge in [0.25, 0.3) is 0 Å². The van der Waals surface area contributed by atoms with Gasteiger partial charge in [-0.1, -0.05) is 263 Å². The first-order valence-electron chi connectivity index (χ1n) is 30.0. The summed E-state index contributed by atoms with van der Waals surface area (Å²) in [6.45, 7) is 6.65. The van der Waals surface area contributed by atoms with Crippen LogP contribution in [0.4, 0.5) is 0 Å². The maximum Gasteiger partial charge on any atom is 0.306 e. The molecule has 0 aliphatic heterocycles. The van der Waals surface area contributed by atoms with Gasteiger partial charge >= 0.3 is 17.9 Å². The third kappa shape index (κ3) is 54.6. The van der Waals surface area contributed by atoms with E-state index in [0.29, 0.717) is 19.3 Å². The molecule has 0 aliphatic carbocycles. The van der Waals surface area contributed by atoms with Crippen LogP contribution in [0.1, 0.15) is 323 Å². The highest BCUT2D eigenvalue weighted by atomic mass is 16.6. The number of ether oxygens (including phenoxy) is 3. The Morgan fingerprint density at radius 1 is 0.294 bits per heavy atom. The number of carbonyl (C=O) groups excluding carboxylic acids is 3. The smallest absolute Gasteiger partial charge is 0.306 e. The van der Waals surface area contributed by atoms with Gasteiger partial charge in [-0.15, -0.1) is 0 Å². The van der Waals surface area contributed by atoms with Crippen molar-refractivity contribution in [3.8, 4) is 0 Å². The molecule has 0 amide bonds. The van der Waals surface area contributed by atoms with Crippen LogP contribution in [-0.2, 0) is 28.6 Å². The Morgan fingerprint density at radius 2 is 0.529 bits per heavy atom. The molecule has 0 aromatic heterocycles. The Hall–Kier alpha value is -2.37. The fraction of sp³-hybridized carbons (Fsp3) is 0.855. The number of allylic oxidation sites excluding steroid dienone is 6. The average Bonchev–Trinajstić information content (AvgIpc) is 3.34. The van der Waals surface area contributed by atoms with Crippen LogP contribution in [0.3, 0.4) is 0 Å². The highest BCUT2D eigenvalue weighted by Gasteiger charge is 2.19. The van der Waals surface area contributed by atoms with Crippen LogP contribution in [0.2, 0.25) is 0 Å². The van der Waals surface area contributed by atoms with Gasteiger partial charge in [0, 0.05) is 19.3 Å². The van der Waals surface area contributed by atoms with Crippen molar-refractivity contribution in [1.82, 2.24) is 0 Å². The number of esters is 3. The lowest BCUT2D eigenvalue weighted by Crippen LogP contribution is -2.30. The Balaban J connectivity index is 4.27. The molecule has 0 aromatic carbocycles. The van der Waals surface area contributed by atoms with Crippen LogP contribution in [0.5, 0.6) is 0 Å². The van der Waals surface area contributed by atoms with Crippen molar-refractivity contribution in [2.45, 2.75) is 329 Å². The molecule has 0 aliphatic rings. The van der Waals surface area contributed by atoms with Crippen molar-refractivity contribution in [2.24, 2.45) is 0 Å². The molecule has 0 saturated heterocycles. The lowest BCUT2D eigenvalue weighted by atomic mass is 10.0. The number of carbonyl (C=O) groups is 3. The molecule has 0 aromatic rings. The van der Waals surface area contributed by atoms with Crippen molar-refractivity contribution in [3.05, 3.63) is 36.5 Å². The van der Waals surface area contributed by atoms with Gasteiger partial charge in [-0.3, -0.25) is 14.4 Å². The molecular weight excluding hydrogens is 841 g/mol. The zero-order valence-electron chi connectivity index (χ0n) is 45.6. The second-order valence-electron chi connectivity index (χ2n) is 20.3. The molecule has 6 nitrogen and oxygen atoms in total. The van der Waals surface area contributed by atoms with Crippen LogP contribution in [0.15, 0.2) is 36.5 Å². The number of unbranched alkanes of at least 4 members (excludes halogenated alkanes) is 38. The van der Waals surface area contributed by atoms with Gasteiger partial charge in [0.1, 0.15) is 13.2 Å². The summed E-state index contributed by atoms with van der Waals surface area (Å²) in [5, 5.41) is 0. The normalized spacial score (nSPS) is 12.2. The first kappa shape index (κ1) is 65.6. The summed E-state index contributed by atoms with van der Waals surface area (Å²) in [6, 6.07) is 0. The van der Waals surface area contributed by atoms with E-state index in [0.717, 1.165) is 70.6 Å². The van der Waals surface area contributed by atoms with Crippen molar-refractivity contribution >= 4 is 17.9 Å². The quantitative estimate of drug-likeness (QED) is 0.0262. The lowest BCUT2D eigenvalue weighted by molar-refractivity contribution is -0.167. The molecule has 6 heteroatoms. The number of rotatable bonds is 55. The fourth-order valence-electron chi connectivity index (χ4n) is 8.82. The zero-order chi connectivity index (χ0) is 49.3. The average molecular weight is 956 g/mol. The van der Waals surface area contributed by atoms with Gasteiger partial charge in [0.2, 0.25) is 0 Å². The van der Waals surface area contributed by atoms with Gasteiger partial charge in [0.05, 0.1) is 0 Å². The molecule has 0 saturated carbocycles. The molecule has 1 unspecified atom stereocenters. The lowest BCUT2D eigenvalue weighted by Gasteiger charge is -2.18. The van der Waals surface area contributed by atoms with Crippen LogP contribution in [0.25, 0.3) is 0 Å². The molecule has 1 atom stereocenters. The monoisotopic (exact) mass is 955 g/mol. The minimum atomic E-state index is -0.774. The summed E-state index contributed by atoms with van der Waals surface area (Å²) in [5.74, 6) is -0.865. The SMILES string of the molecule is CCCCCCC/C=C\C/C=C\CCCCCCCCCCCCCC(=O)OCC(COC(=O)CCCCCCCCCCCCCC)OC(=O)CCCCCCC/C=C\CCCCCCCC. The summed E-state index contributed by atoms with van der Waals surface area (Å²) >= 11 is 0. The van der Waals surface area contributed by atoms with Gasteiger partial charge in [0.15, 0.2) is 6.10 Å². The first-order valence-corrected chi connectivity index (χ1v) is 30.0. The molecule has 0 bridgehead atoms. The fourth-order valence-corrected chi connectivity index (χ4v) is 8.82. The molecule has 0 rings (SSSR count). The Kier molecular flexibility index (Phi) is 55.2. The van der Waals surface area contributed by atoms with E-state index in [-0.39, 0.29) is 31.1 Å². The van der Waals surface area contributed by atoms with Crippen LogP contribution >= 0.6 is 0 Å². The largest absolute Gasteiger partial charge is 0.462 e. The van der Waals surface area contributed by atoms with E-state index in [1.807, 2.05) is 0 Å². The molecule has 0 spiro atoms. The highest BCUT2D eigenvalue weighted by molar-refractivity contribution is 5.71. The van der Waals surface area contributed by atoms with Crippen molar-refractivity contribution in [3.63, 3.8) is 0 Å². The minimum absolute atomic E-state index is 0.0721. The maximum atomic E-state index is 12.8. The first-order chi connectivity index (χ1) is 33.5. The van der Waals surface area contributed by atoms with E-state index in [2.05, 4.69) is 57.2 Å². The van der Waals surface area contributed by atoms with Crippen molar-refractivity contribution in [1.29, 1.82) is 0 Å². The summed E-state index contributed by atoms with van der Waals surface area (Å²) in [7, 11) is 0. The molecule has 0 heterocycles. The van der Waals surface area contributed by atoms with Crippen molar-refractivity contribution in [2.75, 3.05) is 13.2 Å². The summed E-state index contributed by atoms with van der Waals surface area (Å²) < 4.78 is 16.9. The summed E-state index contributed by atoms with van der Waals surface area (Å²) in [4.78, 5) is 38.1. The van der Waals surface area contributed by atoms with E-state index < -0.39 is 6.10 Å². The zero-order valence-corrected chi connectivity index (χ0v) is 45.6. The van der Waals surface area contributed by atoms with E-state index in [1.54, 1.807) is 0 Å². The highest BCUT2D eigenvalue weighted by Crippen LogP contribution is 2.16. The van der Waals surface area contributed by atoms with Gasteiger partial charge in [-0.2, -0.15) is 0 Å². The third-order valence-electron chi connectivity index (χ3n) is 13.4.